The monoisotopic (exact) mass is 329 g/mol. The number of nitrogens with one attached hydrogen (secondary N) is 1. The summed E-state index contributed by atoms with van der Waals surface area (Å²) in [6.45, 7) is 4.27. The number of fused-ring (bicyclic) bond motifs is 1. The molecule has 0 spiro atoms. The van der Waals surface area contributed by atoms with Crippen LogP contribution in [0.1, 0.15) is 47.4 Å². The third-order valence-electron chi connectivity index (χ3n) is 4.50. The zero-order chi connectivity index (χ0) is 17.4. The molecule has 1 aliphatic carbocycles. The Kier molecular flexibility index (Phi) is 4.26. The number of carbonyl (C=O) groups excluding carboxylic acids is 2. The number of amides is 2. The Morgan fingerprint density at radius 1 is 1.42 bits per heavy atom. The van der Waals surface area contributed by atoms with Crippen LogP contribution in [0.5, 0.6) is 0 Å². The van der Waals surface area contributed by atoms with Crippen LogP contribution in [0, 0.1) is 6.92 Å². The van der Waals surface area contributed by atoms with E-state index < -0.39 is 0 Å². The SMILES string of the molecule is CCN(CC(=O)NC)C(=O)c1cc(C2CC2)nc2c1c(C)nn2C. The van der Waals surface area contributed by atoms with Crippen molar-refractivity contribution in [3.8, 4) is 0 Å². The fourth-order valence-electron chi connectivity index (χ4n) is 2.97. The van der Waals surface area contributed by atoms with Crippen LogP contribution in [0.4, 0.5) is 0 Å². The Morgan fingerprint density at radius 2 is 2.12 bits per heavy atom. The first-order chi connectivity index (χ1) is 11.5. The fourth-order valence-corrected chi connectivity index (χ4v) is 2.97. The first kappa shape index (κ1) is 16.4. The van der Waals surface area contributed by atoms with Gasteiger partial charge in [0.1, 0.15) is 0 Å². The maximum atomic E-state index is 13.1. The molecule has 2 aromatic heterocycles. The van der Waals surface area contributed by atoms with Crippen LogP contribution in [-0.4, -0.2) is 51.6 Å². The zero-order valence-electron chi connectivity index (χ0n) is 14.6. The van der Waals surface area contributed by atoms with Crippen molar-refractivity contribution in [2.75, 3.05) is 20.1 Å². The van der Waals surface area contributed by atoms with Gasteiger partial charge in [-0.1, -0.05) is 0 Å². The molecule has 24 heavy (non-hydrogen) atoms. The van der Waals surface area contributed by atoms with Crippen molar-refractivity contribution in [1.82, 2.24) is 25.0 Å². The summed E-state index contributed by atoms with van der Waals surface area (Å²) in [5.41, 5.74) is 3.06. The van der Waals surface area contributed by atoms with Crippen molar-refractivity contribution >= 4 is 22.8 Å². The molecule has 7 nitrogen and oxygen atoms in total. The molecular weight excluding hydrogens is 306 g/mol. The van der Waals surface area contributed by atoms with E-state index in [9.17, 15) is 9.59 Å². The first-order valence-corrected chi connectivity index (χ1v) is 8.30. The number of rotatable bonds is 5. The lowest BCUT2D eigenvalue weighted by Crippen LogP contribution is -2.39. The van der Waals surface area contributed by atoms with Gasteiger partial charge in [0, 0.05) is 32.3 Å². The van der Waals surface area contributed by atoms with Gasteiger partial charge < -0.3 is 10.2 Å². The van der Waals surface area contributed by atoms with Crippen molar-refractivity contribution < 1.29 is 9.59 Å². The molecule has 128 valence electrons. The molecule has 2 heterocycles. The van der Waals surface area contributed by atoms with E-state index >= 15 is 0 Å². The minimum absolute atomic E-state index is 0.0493. The lowest BCUT2D eigenvalue weighted by Gasteiger charge is -2.20. The van der Waals surface area contributed by atoms with Gasteiger partial charge >= 0.3 is 0 Å². The number of pyridine rings is 1. The predicted molar refractivity (Wildman–Crippen MR) is 90.9 cm³/mol. The normalized spacial score (nSPS) is 14.0. The van der Waals surface area contributed by atoms with E-state index in [4.69, 9.17) is 4.98 Å². The second kappa shape index (κ2) is 6.22. The van der Waals surface area contributed by atoms with Crippen LogP contribution in [0.15, 0.2) is 6.07 Å². The van der Waals surface area contributed by atoms with Crippen LogP contribution in [0.3, 0.4) is 0 Å². The van der Waals surface area contributed by atoms with Gasteiger partial charge in [-0.3, -0.25) is 14.3 Å². The second-order valence-corrected chi connectivity index (χ2v) is 6.27. The number of carbonyl (C=O) groups is 2. The molecule has 0 aromatic carbocycles. The number of aryl methyl sites for hydroxylation is 2. The highest BCUT2D eigenvalue weighted by molar-refractivity contribution is 6.07. The molecule has 1 fully saturated rings. The average molecular weight is 329 g/mol. The average Bonchev–Trinajstić information content (AvgIpc) is 3.38. The first-order valence-electron chi connectivity index (χ1n) is 8.30. The van der Waals surface area contributed by atoms with E-state index in [1.807, 2.05) is 27.0 Å². The topological polar surface area (TPSA) is 80.1 Å². The highest BCUT2D eigenvalue weighted by Gasteiger charge is 2.29. The summed E-state index contributed by atoms with van der Waals surface area (Å²) in [7, 11) is 3.41. The summed E-state index contributed by atoms with van der Waals surface area (Å²) in [6, 6.07) is 1.89. The van der Waals surface area contributed by atoms with Crippen LogP contribution >= 0.6 is 0 Å². The Balaban J connectivity index is 2.09. The standard InChI is InChI=1S/C17H23N5O2/c1-5-22(9-14(23)18-3)17(24)12-8-13(11-6-7-11)19-16-15(12)10(2)20-21(16)4/h8,11H,5-7,9H2,1-4H3,(H,18,23). The summed E-state index contributed by atoms with van der Waals surface area (Å²) < 4.78 is 1.72. The van der Waals surface area contributed by atoms with Gasteiger partial charge in [-0.2, -0.15) is 5.10 Å². The number of nitrogens with zero attached hydrogens (tertiary/aromatic N) is 4. The van der Waals surface area contributed by atoms with E-state index in [1.165, 1.54) is 0 Å². The third kappa shape index (κ3) is 2.86. The van der Waals surface area contributed by atoms with Gasteiger partial charge in [-0.25, -0.2) is 4.98 Å². The van der Waals surface area contributed by atoms with Gasteiger partial charge in [-0.05, 0) is 32.8 Å². The van der Waals surface area contributed by atoms with Gasteiger partial charge in [0.05, 0.1) is 23.2 Å². The van der Waals surface area contributed by atoms with Gasteiger partial charge in [0.15, 0.2) is 5.65 Å². The number of likely N-dealkylation sites (N-methyl/N-ethyl adjacent to an activating group) is 2. The Hall–Kier alpha value is -2.44. The van der Waals surface area contributed by atoms with Crippen molar-refractivity contribution in [2.24, 2.45) is 7.05 Å². The second-order valence-electron chi connectivity index (χ2n) is 6.27. The van der Waals surface area contributed by atoms with Gasteiger partial charge in [0.2, 0.25) is 5.91 Å². The van der Waals surface area contributed by atoms with Crippen LogP contribution in [0.25, 0.3) is 11.0 Å². The summed E-state index contributed by atoms with van der Waals surface area (Å²) in [4.78, 5) is 31.0. The van der Waals surface area contributed by atoms with Crippen LogP contribution in [0.2, 0.25) is 0 Å². The number of hydrogen-bond donors (Lipinski definition) is 1. The molecule has 2 aromatic rings. The van der Waals surface area contributed by atoms with Gasteiger partial charge in [-0.15, -0.1) is 0 Å². The summed E-state index contributed by atoms with van der Waals surface area (Å²) in [5.74, 6) is 0.109. The predicted octanol–water partition coefficient (Wildman–Crippen LogP) is 1.36. The Morgan fingerprint density at radius 3 is 2.71 bits per heavy atom. The molecule has 3 rings (SSSR count). The summed E-state index contributed by atoms with van der Waals surface area (Å²) in [6.07, 6.45) is 2.22. The van der Waals surface area contributed by atoms with Gasteiger partial charge in [0.25, 0.3) is 5.91 Å². The highest BCUT2D eigenvalue weighted by atomic mass is 16.2. The Bertz CT molecular complexity index is 807. The van der Waals surface area contributed by atoms with E-state index in [-0.39, 0.29) is 18.4 Å². The molecular formula is C17H23N5O2. The molecule has 0 unspecified atom stereocenters. The fraction of sp³-hybridized carbons (Fsp3) is 0.529. The maximum Gasteiger partial charge on any atom is 0.255 e. The molecule has 0 saturated heterocycles. The molecule has 2 amide bonds. The minimum Gasteiger partial charge on any atom is -0.358 e. The highest BCUT2D eigenvalue weighted by Crippen LogP contribution is 2.40. The van der Waals surface area contributed by atoms with Crippen LogP contribution in [-0.2, 0) is 11.8 Å². The molecule has 0 bridgehead atoms. The van der Waals surface area contributed by atoms with Crippen molar-refractivity contribution in [3.63, 3.8) is 0 Å². The maximum absolute atomic E-state index is 13.1. The lowest BCUT2D eigenvalue weighted by molar-refractivity contribution is -0.121. The van der Waals surface area contributed by atoms with Crippen molar-refractivity contribution in [2.45, 2.75) is 32.6 Å². The molecule has 0 aliphatic heterocycles. The molecule has 1 saturated carbocycles. The number of hydrogen-bond acceptors (Lipinski definition) is 4. The van der Waals surface area contributed by atoms with E-state index in [0.29, 0.717) is 18.0 Å². The minimum atomic E-state index is -0.180. The Labute approximate surface area is 141 Å². The van der Waals surface area contributed by atoms with E-state index in [0.717, 1.165) is 35.3 Å². The zero-order valence-corrected chi connectivity index (χ0v) is 14.6. The molecule has 1 aliphatic rings. The van der Waals surface area contributed by atoms with Crippen molar-refractivity contribution in [1.29, 1.82) is 0 Å². The molecule has 1 N–H and O–H groups in total. The van der Waals surface area contributed by atoms with E-state index in [1.54, 1.807) is 16.6 Å². The molecule has 7 heteroatoms. The summed E-state index contributed by atoms with van der Waals surface area (Å²) in [5, 5.41) is 7.77. The smallest absolute Gasteiger partial charge is 0.255 e. The largest absolute Gasteiger partial charge is 0.358 e. The number of aromatic nitrogens is 3. The molecule has 0 atom stereocenters. The van der Waals surface area contributed by atoms with E-state index in [2.05, 4.69) is 10.4 Å². The quantitative estimate of drug-likeness (QED) is 0.898. The summed E-state index contributed by atoms with van der Waals surface area (Å²) >= 11 is 0. The van der Waals surface area contributed by atoms with Crippen LogP contribution < -0.4 is 5.32 Å². The lowest BCUT2D eigenvalue weighted by atomic mass is 10.1. The molecule has 0 radical (unpaired) electrons. The third-order valence-corrected chi connectivity index (χ3v) is 4.50. The van der Waals surface area contributed by atoms with Crippen molar-refractivity contribution in [3.05, 3.63) is 23.0 Å².